The number of ether oxygens (including phenoxy) is 2. The van der Waals surface area contributed by atoms with Crippen LogP contribution in [0.25, 0.3) is 0 Å². The van der Waals surface area contributed by atoms with Gasteiger partial charge in [-0.2, -0.15) is 0 Å². The van der Waals surface area contributed by atoms with E-state index < -0.39 is 5.97 Å². The summed E-state index contributed by atoms with van der Waals surface area (Å²) in [6, 6.07) is 23.0. The number of carbonyl (C=O) groups excluding carboxylic acids is 2. The molecule has 0 bridgehead atoms. The van der Waals surface area contributed by atoms with Crippen molar-refractivity contribution < 1.29 is 19.1 Å². The molecule has 7 heteroatoms. The lowest BCUT2D eigenvalue weighted by atomic mass is 10.2. The molecule has 0 atom stereocenters. The van der Waals surface area contributed by atoms with Crippen molar-refractivity contribution in [2.45, 2.75) is 22.6 Å². The third kappa shape index (κ3) is 5.29. The summed E-state index contributed by atoms with van der Waals surface area (Å²) in [5.41, 5.74) is 1.60. The number of amides is 1. The average molecular weight is 498 g/mol. The van der Waals surface area contributed by atoms with E-state index in [-0.39, 0.29) is 18.9 Å². The van der Waals surface area contributed by atoms with Gasteiger partial charge in [-0.1, -0.05) is 58.0 Å². The number of fused-ring (bicyclic) bond motifs is 2. The second kappa shape index (κ2) is 10.0. The maximum Gasteiger partial charge on any atom is 0.306 e. The molecule has 1 heterocycles. The van der Waals surface area contributed by atoms with Crippen LogP contribution in [0.2, 0.25) is 0 Å². The Morgan fingerprint density at radius 3 is 2.26 bits per heavy atom. The minimum Gasteiger partial charge on any atom is -0.494 e. The zero-order chi connectivity index (χ0) is 21.6. The Labute approximate surface area is 193 Å². The van der Waals surface area contributed by atoms with E-state index in [1.54, 1.807) is 16.7 Å². The standard InChI is InChI=1S/C24H20BrNO4S/c25-17-7-5-8-18(15-17)29-14-6-13-24(28)30-16-23(27)26-19-9-1-3-11-21(19)31-22-12-4-2-10-20(22)26/h1-5,7-12,15H,6,13-14,16H2. The number of esters is 1. The van der Waals surface area contributed by atoms with Crippen LogP contribution in [0.1, 0.15) is 12.8 Å². The Balaban J connectivity index is 1.31. The number of hydrogen-bond acceptors (Lipinski definition) is 5. The van der Waals surface area contributed by atoms with E-state index in [0.717, 1.165) is 31.4 Å². The summed E-state index contributed by atoms with van der Waals surface area (Å²) in [6.45, 7) is 0.0856. The third-order valence-corrected chi connectivity index (χ3v) is 6.25. The van der Waals surface area contributed by atoms with Gasteiger partial charge in [0.25, 0.3) is 5.91 Å². The first-order chi connectivity index (χ1) is 15.1. The molecule has 0 spiro atoms. The van der Waals surface area contributed by atoms with E-state index in [9.17, 15) is 9.59 Å². The molecule has 5 nitrogen and oxygen atoms in total. The lowest BCUT2D eigenvalue weighted by Crippen LogP contribution is -2.32. The molecule has 1 aliphatic heterocycles. The largest absolute Gasteiger partial charge is 0.494 e. The molecule has 158 valence electrons. The van der Waals surface area contributed by atoms with Crippen LogP contribution in [0.15, 0.2) is 87.1 Å². The maximum atomic E-state index is 13.0. The Kier molecular flexibility index (Phi) is 6.94. The predicted octanol–water partition coefficient (Wildman–Crippen LogP) is 5.98. The van der Waals surface area contributed by atoms with E-state index in [4.69, 9.17) is 9.47 Å². The first-order valence-electron chi connectivity index (χ1n) is 9.85. The Hall–Kier alpha value is -2.77. The van der Waals surface area contributed by atoms with Crippen LogP contribution >= 0.6 is 27.7 Å². The van der Waals surface area contributed by atoms with E-state index in [2.05, 4.69) is 15.9 Å². The summed E-state index contributed by atoms with van der Waals surface area (Å²) in [5.74, 6) is 0.0382. The van der Waals surface area contributed by atoms with Gasteiger partial charge in [-0.25, -0.2) is 0 Å². The SMILES string of the molecule is O=C(CCCOc1cccc(Br)c1)OCC(=O)N1c2ccccc2Sc2ccccc21. The molecule has 0 N–H and O–H groups in total. The summed E-state index contributed by atoms with van der Waals surface area (Å²) in [6.07, 6.45) is 0.690. The zero-order valence-electron chi connectivity index (χ0n) is 16.6. The Morgan fingerprint density at radius 2 is 1.58 bits per heavy atom. The van der Waals surface area contributed by atoms with Gasteiger partial charge in [-0.05, 0) is 48.9 Å². The summed E-state index contributed by atoms with van der Waals surface area (Å²) >= 11 is 5.01. The number of para-hydroxylation sites is 2. The summed E-state index contributed by atoms with van der Waals surface area (Å²) in [5, 5.41) is 0. The molecule has 0 saturated carbocycles. The molecule has 0 saturated heterocycles. The van der Waals surface area contributed by atoms with E-state index in [1.165, 1.54) is 0 Å². The number of nitrogens with zero attached hydrogens (tertiary/aromatic N) is 1. The van der Waals surface area contributed by atoms with Crippen molar-refractivity contribution in [3.05, 3.63) is 77.3 Å². The molecule has 4 rings (SSSR count). The fourth-order valence-corrected chi connectivity index (χ4v) is 4.65. The number of halogens is 1. The van der Waals surface area contributed by atoms with Crippen molar-refractivity contribution in [1.82, 2.24) is 0 Å². The normalized spacial score (nSPS) is 12.0. The van der Waals surface area contributed by atoms with Crippen molar-refractivity contribution in [2.75, 3.05) is 18.1 Å². The lowest BCUT2D eigenvalue weighted by Gasteiger charge is -2.30. The molecule has 0 radical (unpaired) electrons. The molecular weight excluding hydrogens is 478 g/mol. The second-order valence-corrected chi connectivity index (χ2v) is 8.84. The molecule has 0 unspecified atom stereocenters. The first kappa shape index (κ1) is 21.5. The highest BCUT2D eigenvalue weighted by molar-refractivity contribution is 9.10. The smallest absolute Gasteiger partial charge is 0.306 e. The van der Waals surface area contributed by atoms with Crippen LogP contribution < -0.4 is 9.64 Å². The van der Waals surface area contributed by atoms with E-state index >= 15 is 0 Å². The van der Waals surface area contributed by atoms with Gasteiger partial charge in [0.1, 0.15) is 5.75 Å². The van der Waals surface area contributed by atoms with E-state index in [0.29, 0.717) is 13.0 Å². The van der Waals surface area contributed by atoms with Crippen molar-refractivity contribution in [3.8, 4) is 5.75 Å². The van der Waals surface area contributed by atoms with Gasteiger partial charge in [0.05, 0.1) is 18.0 Å². The van der Waals surface area contributed by atoms with Gasteiger partial charge >= 0.3 is 5.97 Å². The second-order valence-electron chi connectivity index (χ2n) is 6.84. The number of anilines is 2. The van der Waals surface area contributed by atoms with Gasteiger partial charge < -0.3 is 9.47 Å². The quantitative estimate of drug-likeness (QED) is 0.296. The lowest BCUT2D eigenvalue weighted by molar-refractivity contribution is -0.147. The van der Waals surface area contributed by atoms with Gasteiger partial charge in [0.15, 0.2) is 6.61 Å². The molecule has 0 fully saturated rings. The van der Waals surface area contributed by atoms with Crippen molar-refractivity contribution in [3.63, 3.8) is 0 Å². The van der Waals surface area contributed by atoms with Gasteiger partial charge in [0.2, 0.25) is 0 Å². The number of rotatable bonds is 7. The number of hydrogen-bond donors (Lipinski definition) is 0. The van der Waals surface area contributed by atoms with Crippen LogP contribution in [0, 0.1) is 0 Å². The van der Waals surface area contributed by atoms with Crippen LogP contribution in [-0.2, 0) is 14.3 Å². The first-order valence-corrected chi connectivity index (χ1v) is 11.5. The van der Waals surface area contributed by atoms with Crippen LogP contribution in [0.4, 0.5) is 11.4 Å². The molecule has 31 heavy (non-hydrogen) atoms. The Morgan fingerprint density at radius 1 is 0.903 bits per heavy atom. The molecular formula is C24H20BrNO4S. The van der Waals surface area contributed by atoms with Crippen LogP contribution in [0.5, 0.6) is 5.75 Å². The van der Waals surface area contributed by atoms with Crippen LogP contribution in [-0.4, -0.2) is 25.1 Å². The average Bonchev–Trinajstić information content (AvgIpc) is 2.78. The van der Waals surface area contributed by atoms with Crippen molar-refractivity contribution >= 4 is 50.9 Å². The van der Waals surface area contributed by atoms with Gasteiger partial charge in [-0.15, -0.1) is 0 Å². The summed E-state index contributed by atoms with van der Waals surface area (Å²) in [7, 11) is 0. The monoisotopic (exact) mass is 497 g/mol. The molecule has 0 aliphatic carbocycles. The summed E-state index contributed by atoms with van der Waals surface area (Å²) < 4.78 is 11.8. The topological polar surface area (TPSA) is 55.8 Å². The fraction of sp³-hybridized carbons (Fsp3) is 0.167. The number of carbonyl (C=O) groups is 2. The minimum atomic E-state index is -0.417. The van der Waals surface area contributed by atoms with Crippen molar-refractivity contribution in [2.24, 2.45) is 0 Å². The summed E-state index contributed by atoms with van der Waals surface area (Å²) in [4.78, 5) is 28.7. The highest BCUT2D eigenvalue weighted by atomic mass is 79.9. The van der Waals surface area contributed by atoms with Crippen LogP contribution in [0.3, 0.4) is 0 Å². The minimum absolute atomic E-state index is 0.185. The van der Waals surface area contributed by atoms with Gasteiger partial charge in [-0.3, -0.25) is 14.5 Å². The van der Waals surface area contributed by atoms with Gasteiger partial charge in [0, 0.05) is 20.7 Å². The molecule has 1 aliphatic rings. The Bertz CT molecular complexity index is 1060. The highest BCUT2D eigenvalue weighted by Gasteiger charge is 2.28. The number of benzene rings is 3. The molecule has 0 aromatic heterocycles. The third-order valence-electron chi connectivity index (χ3n) is 4.63. The van der Waals surface area contributed by atoms with E-state index in [1.807, 2.05) is 72.8 Å². The van der Waals surface area contributed by atoms with Crippen molar-refractivity contribution in [1.29, 1.82) is 0 Å². The molecule has 3 aromatic carbocycles. The highest BCUT2D eigenvalue weighted by Crippen LogP contribution is 2.47. The fourth-order valence-electron chi connectivity index (χ4n) is 3.22. The molecule has 3 aromatic rings. The predicted molar refractivity (Wildman–Crippen MR) is 124 cm³/mol. The molecule has 1 amide bonds. The zero-order valence-corrected chi connectivity index (χ0v) is 19.0. The maximum absolute atomic E-state index is 13.0.